The van der Waals surface area contributed by atoms with Crippen LogP contribution in [0, 0.1) is 12.8 Å². The summed E-state index contributed by atoms with van der Waals surface area (Å²) >= 11 is 1.80. The summed E-state index contributed by atoms with van der Waals surface area (Å²) < 4.78 is 1.27. The Balaban J connectivity index is 1.23. The second-order valence-electron chi connectivity index (χ2n) is 10.4. The quantitative estimate of drug-likeness (QED) is 0.262. The number of rotatable bonds is 2. The van der Waals surface area contributed by atoms with Gasteiger partial charge in [0.25, 0.3) is 0 Å². The number of hydrogen-bond acceptors (Lipinski definition) is 3. The van der Waals surface area contributed by atoms with Gasteiger partial charge in [0.05, 0.1) is 16.3 Å². The zero-order valence-corrected chi connectivity index (χ0v) is 20.5. The molecule has 0 amide bonds. The van der Waals surface area contributed by atoms with Crippen molar-refractivity contribution in [2.45, 2.75) is 38.1 Å². The minimum atomic E-state index is 0.323. The van der Waals surface area contributed by atoms with Crippen LogP contribution in [0.2, 0.25) is 0 Å². The van der Waals surface area contributed by atoms with Gasteiger partial charge in [-0.1, -0.05) is 48.6 Å². The van der Waals surface area contributed by atoms with Gasteiger partial charge < -0.3 is 5.32 Å². The monoisotopic (exact) mass is 470 g/mol. The Bertz CT molecular complexity index is 1680. The third kappa shape index (κ3) is 2.91. The molecule has 0 saturated carbocycles. The number of hydrogen-bond donors (Lipinski definition) is 1. The third-order valence-corrected chi connectivity index (χ3v) is 9.47. The molecular weight excluding hydrogens is 444 g/mol. The van der Waals surface area contributed by atoms with Crippen LogP contribution in [0.1, 0.15) is 46.2 Å². The van der Waals surface area contributed by atoms with Crippen LogP contribution in [0.15, 0.2) is 78.9 Å². The van der Waals surface area contributed by atoms with Crippen molar-refractivity contribution in [3.8, 4) is 10.6 Å². The number of anilines is 1. The first-order valence-corrected chi connectivity index (χ1v) is 13.5. The minimum Gasteiger partial charge on any atom is -0.378 e. The molecule has 3 atom stereocenters. The number of benzene rings is 4. The van der Waals surface area contributed by atoms with Crippen molar-refractivity contribution in [3.05, 3.63) is 107 Å². The van der Waals surface area contributed by atoms with Crippen LogP contribution >= 0.6 is 11.3 Å². The molecular formula is C32H26N2S. The van der Waals surface area contributed by atoms with E-state index in [9.17, 15) is 0 Å². The van der Waals surface area contributed by atoms with Gasteiger partial charge in [-0.15, -0.1) is 11.3 Å². The van der Waals surface area contributed by atoms with Gasteiger partial charge in [0, 0.05) is 17.2 Å². The normalized spacial score (nSPS) is 21.9. The standard InChI is InChI=1S/C32H26N2S/c1-18-8-14-28-29(16-18)35-32(34-28)21-12-15-27-26(17-21)22-5-3-7-24(22)31(33-27)25-13-11-20-10-9-19-4-2-6-23(25)30(19)20/h2-6,8,11-17,22,24,31,33H,7,9-10H2,1H3/t22-,24+,31-/m1/s1. The maximum atomic E-state index is 4.96. The second-order valence-corrected chi connectivity index (χ2v) is 11.5. The molecule has 1 N–H and O–H groups in total. The van der Waals surface area contributed by atoms with E-state index in [0.717, 1.165) is 16.9 Å². The van der Waals surface area contributed by atoms with E-state index in [1.54, 1.807) is 11.3 Å². The van der Waals surface area contributed by atoms with Crippen molar-refractivity contribution < 1.29 is 0 Å². The van der Waals surface area contributed by atoms with E-state index in [1.807, 2.05) is 0 Å². The average Bonchev–Trinajstić information content (AvgIpc) is 3.63. The number of nitrogens with one attached hydrogen (secondary N) is 1. The number of thiazole rings is 1. The van der Waals surface area contributed by atoms with Gasteiger partial charge in [-0.2, -0.15) is 0 Å². The minimum absolute atomic E-state index is 0.323. The summed E-state index contributed by atoms with van der Waals surface area (Å²) in [6.45, 7) is 2.15. The van der Waals surface area contributed by atoms with Gasteiger partial charge in [0.15, 0.2) is 0 Å². The largest absolute Gasteiger partial charge is 0.378 e. The highest BCUT2D eigenvalue weighted by Crippen LogP contribution is 2.52. The van der Waals surface area contributed by atoms with Crippen LogP contribution in [0.4, 0.5) is 5.69 Å². The summed E-state index contributed by atoms with van der Waals surface area (Å²) in [7, 11) is 0. The molecule has 8 rings (SSSR count). The molecule has 1 aliphatic heterocycles. The number of nitrogens with zero attached hydrogens (tertiary/aromatic N) is 1. The molecule has 2 nitrogen and oxygen atoms in total. The molecule has 3 heteroatoms. The zero-order chi connectivity index (χ0) is 23.1. The van der Waals surface area contributed by atoms with Crippen molar-refractivity contribution >= 4 is 38.0 Å². The van der Waals surface area contributed by atoms with Crippen molar-refractivity contribution in [2.75, 3.05) is 5.32 Å². The maximum absolute atomic E-state index is 4.96. The SMILES string of the molecule is Cc1ccc2nc(-c3ccc4c(c3)[C@@H]3C=CC[C@@H]3[C@H](c3ccc5c6c(cccc36)CC5)N4)sc2c1. The summed E-state index contributed by atoms with van der Waals surface area (Å²) in [6, 6.07) is 25.5. The second kappa shape index (κ2) is 7.29. The smallest absolute Gasteiger partial charge is 0.124 e. The third-order valence-electron chi connectivity index (χ3n) is 8.40. The molecule has 5 aromatic rings. The molecule has 0 radical (unpaired) electrons. The number of aryl methyl sites for hydroxylation is 3. The Morgan fingerprint density at radius 2 is 1.83 bits per heavy atom. The van der Waals surface area contributed by atoms with Gasteiger partial charge in [-0.05, 0) is 101 Å². The Labute approximate surface area is 209 Å². The first kappa shape index (κ1) is 19.8. The average molecular weight is 471 g/mol. The van der Waals surface area contributed by atoms with E-state index in [4.69, 9.17) is 4.98 Å². The molecule has 0 bridgehead atoms. The predicted octanol–water partition coefficient (Wildman–Crippen LogP) is 8.35. The van der Waals surface area contributed by atoms with Crippen LogP contribution in [0.5, 0.6) is 0 Å². The fourth-order valence-electron chi connectivity index (χ4n) is 6.73. The van der Waals surface area contributed by atoms with Crippen molar-refractivity contribution in [2.24, 2.45) is 5.92 Å². The molecule has 1 aromatic heterocycles. The lowest BCUT2D eigenvalue weighted by Gasteiger charge is -2.38. The van der Waals surface area contributed by atoms with E-state index < -0.39 is 0 Å². The Kier molecular flexibility index (Phi) is 4.13. The molecule has 35 heavy (non-hydrogen) atoms. The molecule has 0 fully saturated rings. The van der Waals surface area contributed by atoms with Crippen LogP contribution < -0.4 is 5.32 Å². The maximum Gasteiger partial charge on any atom is 0.124 e. The summed E-state index contributed by atoms with van der Waals surface area (Å²) in [5.74, 6) is 0.977. The van der Waals surface area contributed by atoms with Crippen LogP contribution in [0.25, 0.3) is 31.6 Å². The van der Waals surface area contributed by atoms with Gasteiger partial charge in [0.1, 0.15) is 5.01 Å². The molecule has 2 heterocycles. The summed E-state index contributed by atoms with van der Waals surface area (Å²) in [5, 5.41) is 8.07. The lowest BCUT2D eigenvalue weighted by molar-refractivity contribution is 0.427. The summed E-state index contributed by atoms with van der Waals surface area (Å²) in [6.07, 6.45) is 8.32. The highest BCUT2D eigenvalue weighted by atomic mass is 32.1. The first-order chi connectivity index (χ1) is 17.2. The zero-order valence-electron chi connectivity index (χ0n) is 19.7. The molecule has 2 aliphatic carbocycles. The van der Waals surface area contributed by atoms with E-state index in [-0.39, 0.29) is 0 Å². The van der Waals surface area contributed by atoms with Crippen molar-refractivity contribution in [1.29, 1.82) is 0 Å². The predicted molar refractivity (Wildman–Crippen MR) is 148 cm³/mol. The topological polar surface area (TPSA) is 24.9 Å². The van der Waals surface area contributed by atoms with Gasteiger partial charge in [-0.25, -0.2) is 4.98 Å². The van der Waals surface area contributed by atoms with Crippen LogP contribution in [-0.4, -0.2) is 4.98 Å². The number of fused-ring (bicyclic) bond motifs is 4. The fraction of sp³-hybridized carbons (Fsp3) is 0.219. The van der Waals surface area contributed by atoms with E-state index >= 15 is 0 Å². The fourth-order valence-corrected chi connectivity index (χ4v) is 7.79. The lowest BCUT2D eigenvalue weighted by Crippen LogP contribution is -2.29. The van der Waals surface area contributed by atoms with Crippen LogP contribution in [-0.2, 0) is 12.8 Å². The van der Waals surface area contributed by atoms with Crippen LogP contribution in [0.3, 0.4) is 0 Å². The molecule has 0 spiro atoms. The first-order valence-electron chi connectivity index (χ1n) is 12.7. The van der Waals surface area contributed by atoms with E-state index in [1.165, 1.54) is 67.4 Å². The summed E-state index contributed by atoms with van der Waals surface area (Å²) in [5.41, 5.74) is 10.8. The summed E-state index contributed by atoms with van der Waals surface area (Å²) in [4.78, 5) is 4.96. The van der Waals surface area contributed by atoms with Crippen molar-refractivity contribution in [3.63, 3.8) is 0 Å². The highest BCUT2D eigenvalue weighted by Gasteiger charge is 2.39. The molecule has 170 valence electrons. The Hall–Kier alpha value is -3.43. The van der Waals surface area contributed by atoms with Gasteiger partial charge in [-0.3, -0.25) is 0 Å². The highest BCUT2D eigenvalue weighted by molar-refractivity contribution is 7.21. The lowest BCUT2D eigenvalue weighted by atomic mass is 9.75. The molecule has 0 saturated heterocycles. The number of allylic oxidation sites excluding steroid dienone is 2. The Morgan fingerprint density at radius 3 is 2.77 bits per heavy atom. The number of aromatic nitrogens is 1. The van der Waals surface area contributed by atoms with Crippen molar-refractivity contribution in [1.82, 2.24) is 4.98 Å². The van der Waals surface area contributed by atoms with E-state index in [0.29, 0.717) is 17.9 Å². The Morgan fingerprint density at radius 1 is 0.914 bits per heavy atom. The van der Waals surface area contributed by atoms with E-state index in [2.05, 4.69) is 91.1 Å². The van der Waals surface area contributed by atoms with Gasteiger partial charge >= 0.3 is 0 Å². The molecule has 3 aliphatic rings. The van der Waals surface area contributed by atoms with Gasteiger partial charge in [0.2, 0.25) is 0 Å². The molecule has 0 unspecified atom stereocenters. The molecule has 4 aromatic carbocycles.